The van der Waals surface area contributed by atoms with Crippen molar-refractivity contribution in [2.45, 2.75) is 69.1 Å². The second-order valence-corrected chi connectivity index (χ2v) is 12.0. The highest BCUT2D eigenvalue weighted by Gasteiger charge is 2.38. The van der Waals surface area contributed by atoms with Gasteiger partial charge in [0.05, 0.1) is 35.6 Å². The molecule has 4 rings (SSSR count). The first kappa shape index (κ1) is 29.9. The van der Waals surface area contributed by atoms with Crippen LogP contribution >= 0.6 is 0 Å². The lowest BCUT2D eigenvalue weighted by atomic mass is 10.0. The fourth-order valence-corrected chi connectivity index (χ4v) is 6.06. The number of hydrogen-bond donors (Lipinski definition) is 2. The summed E-state index contributed by atoms with van der Waals surface area (Å²) in [6, 6.07) is 4.47. The van der Waals surface area contributed by atoms with Gasteiger partial charge in [0.15, 0.2) is 5.69 Å². The molecule has 2 amide bonds. The number of carbonyl (C=O) groups is 2. The molecule has 15 heteroatoms. The lowest BCUT2D eigenvalue weighted by Gasteiger charge is -2.33. The van der Waals surface area contributed by atoms with Crippen LogP contribution in [0, 0.1) is 0 Å². The Labute approximate surface area is 227 Å². The Hall–Kier alpha value is -3.07. The van der Waals surface area contributed by atoms with Crippen LogP contribution in [0.3, 0.4) is 0 Å². The molecule has 1 atom stereocenters. The van der Waals surface area contributed by atoms with Gasteiger partial charge in [0, 0.05) is 24.9 Å². The number of primary sulfonamides is 1. The molecular formula is C25H30F5N5O4S. The summed E-state index contributed by atoms with van der Waals surface area (Å²) in [5, 5.41) is 11.8. The molecule has 9 nitrogen and oxygen atoms in total. The molecule has 2 aromatic rings. The van der Waals surface area contributed by atoms with Crippen molar-refractivity contribution < 1.29 is 40.0 Å². The molecule has 1 aromatic carbocycles. The van der Waals surface area contributed by atoms with Crippen LogP contribution in [-0.4, -0.2) is 65.7 Å². The Kier molecular flexibility index (Phi) is 8.54. The molecular weight excluding hydrogens is 561 g/mol. The molecule has 0 spiro atoms. The SMILES string of the molecule is NS(=O)(=O)CC(CC(=O)N1CCCC(F)(F)C1)NC(=O)c1cc(-c2ccccc2C(F)(F)F)n(C2CCCC2)n1. The van der Waals surface area contributed by atoms with Crippen molar-refractivity contribution in [3.63, 3.8) is 0 Å². The quantitative estimate of drug-likeness (QED) is 0.453. The number of likely N-dealkylation sites (tertiary alicyclic amines) is 1. The van der Waals surface area contributed by atoms with E-state index in [9.17, 15) is 40.0 Å². The summed E-state index contributed by atoms with van der Waals surface area (Å²) < 4.78 is 94.1. The van der Waals surface area contributed by atoms with Crippen LogP contribution in [0.2, 0.25) is 0 Å². The molecule has 220 valence electrons. The number of halogens is 5. The summed E-state index contributed by atoms with van der Waals surface area (Å²) in [4.78, 5) is 26.8. The average molecular weight is 592 g/mol. The molecule has 3 N–H and O–H groups in total. The topological polar surface area (TPSA) is 127 Å². The summed E-state index contributed by atoms with van der Waals surface area (Å²) >= 11 is 0. The van der Waals surface area contributed by atoms with E-state index in [1.165, 1.54) is 28.9 Å². The van der Waals surface area contributed by atoms with E-state index in [0.29, 0.717) is 12.8 Å². The van der Waals surface area contributed by atoms with Crippen molar-refractivity contribution in [3.8, 4) is 11.3 Å². The van der Waals surface area contributed by atoms with Gasteiger partial charge in [-0.2, -0.15) is 18.3 Å². The second kappa shape index (κ2) is 11.4. The van der Waals surface area contributed by atoms with Crippen molar-refractivity contribution >= 4 is 21.8 Å². The molecule has 1 unspecified atom stereocenters. The van der Waals surface area contributed by atoms with Gasteiger partial charge in [-0.15, -0.1) is 0 Å². The summed E-state index contributed by atoms with van der Waals surface area (Å²) in [7, 11) is -4.22. The van der Waals surface area contributed by atoms with E-state index < -0.39 is 64.3 Å². The van der Waals surface area contributed by atoms with Gasteiger partial charge in [-0.05, 0) is 31.4 Å². The second-order valence-electron chi connectivity index (χ2n) is 10.3. The van der Waals surface area contributed by atoms with Crippen molar-refractivity contribution in [1.82, 2.24) is 20.0 Å². The van der Waals surface area contributed by atoms with Crippen LogP contribution in [-0.2, 0) is 21.0 Å². The van der Waals surface area contributed by atoms with Crippen LogP contribution in [0.25, 0.3) is 11.3 Å². The first-order chi connectivity index (χ1) is 18.6. The number of hydrogen-bond acceptors (Lipinski definition) is 5. The number of amides is 2. The minimum Gasteiger partial charge on any atom is -0.346 e. The largest absolute Gasteiger partial charge is 0.417 e. The minimum absolute atomic E-state index is 0.0538. The van der Waals surface area contributed by atoms with Crippen molar-refractivity contribution in [2.24, 2.45) is 5.14 Å². The standard InChI is InChI=1S/C25H30F5N5O4S/c26-24(27)10-5-11-34(15-24)22(36)12-16(14-40(31,38)39)32-23(37)20-13-21(35(33-20)17-6-1-2-7-17)18-8-3-4-9-19(18)25(28,29)30/h3-4,8-9,13,16-17H,1-2,5-7,10-12,14-15H2,(H,32,37)(H2,31,38,39). The van der Waals surface area contributed by atoms with Gasteiger partial charge >= 0.3 is 6.18 Å². The highest BCUT2D eigenvalue weighted by Crippen LogP contribution is 2.40. The van der Waals surface area contributed by atoms with Crippen molar-refractivity contribution in [1.29, 1.82) is 0 Å². The predicted molar refractivity (Wildman–Crippen MR) is 135 cm³/mol. The van der Waals surface area contributed by atoms with E-state index in [1.54, 1.807) is 0 Å². The van der Waals surface area contributed by atoms with E-state index in [2.05, 4.69) is 10.4 Å². The molecule has 2 heterocycles. The Morgan fingerprint density at radius 2 is 1.82 bits per heavy atom. The highest BCUT2D eigenvalue weighted by molar-refractivity contribution is 7.89. The molecule has 1 aliphatic carbocycles. The molecule has 0 radical (unpaired) electrons. The van der Waals surface area contributed by atoms with E-state index in [0.717, 1.165) is 23.8 Å². The van der Waals surface area contributed by atoms with Crippen molar-refractivity contribution in [3.05, 3.63) is 41.6 Å². The Morgan fingerprint density at radius 3 is 2.45 bits per heavy atom. The lowest BCUT2D eigenvalue weighted by molar-refractivity contribution is -0.142. The molecule has 1 saturated carbocycles. The third-order valence-electron chi connectivity index (χ3n) is 7.08. The molecule has 2 fully saturated rings. The summed E-state index contributed by atoms with van der Waals surface area (Å²) in [6.07, 6.45) is -2.65. The number of rotatable bonds is 8. The molecule has 40 heavy (non-hydrogen) atoms. The fraction of sp³-hybridized carbons (Fsp3) is 0.560. The van der Waals surface area contributed by atoms with Gasteiger partial charge in [0.25, 0.3) is 11.8 Å². The Bertz CT molecular complexity index is 1360. The zero-order valence-corrected chi connectivity index (χ0v) is 22.3. The molecule has 0 bridgehead atoms. The van der Waals surface area contributed by atoms with Crippen LogP contribution in [0.1, 0.15) is 67.0 Å². The van der Waals surface area contributed by atoms with Crippen LogP contribution in [0.4, 0.5) is 22.0 Å². The predicted octanol–water partition coefficient (Wildman–Crippen LogP) is 3.72. The summed E-state index contributed by atoms with van der Waals surface area (Å²) in [5.41, 5.74) is -1.29. The molecule has 1 saturated heterocycles. The zero-order chi connectivity index (χ0) is 29.3. The van der Waals surface area contributed by atoms with Gasteiger partial charge in [0.1, 0.15) is 0 Å². The van der Waals surface area contributed by atoms with Gasteiger partial charge in [-0.1, -0.05) is 31.0 Å². The summed E-state index contributed by atoms with van der Waals surface area (Å²) in [5.74, 6) is -5.66. The van der Waals surface area contributed by atoms with Crippen LogP contribution < -0.4 is 10.5 Å². The molecule has 2 aliphatic rings. The normalized spacial score (nSPS) is 19.0. The third kappa shape index (κ3) is 7.36. The van der Waals surface area contributed by atoms with E-state index >= 15 is 0 Å². The maximum atomic E-state index is 13.8. The monoisotopic (exact) mass is 591 g/mol. The fourth-order valence-electron chi connectivity index (χ4n) is 5.30. The van der Waals surface area contributed by atoms with E-state index in [1.807, 2.05) is 0 Å². The van der Waals surface area contributed by atoms with Gasteiger partial charge < -0.3 is 10.2 Å². The average Bonchev–Trinajstić information content (AvgIpc) is 3.52. The van der Waals surface area contributed by atoms with Gasteiger partial charge in [-0.3, -0.25) is 14.3 Å². The van der Waals surface area contributed by atoms with Crippen LogP contribution in [0.15, 0.2) is 30.3 Å². The highest BCUT2D eigenvalue weighted by atomic mass is 32.2. The molecule has 1 aromatic heterocycles. The number of aromatic nitrogens is 2. The maximum Gasteiger partial charge on any atom is 0.417 e. The van der Waals surface area contributed by atoms with Gasteiger partial charge in [-0.25, -0.2) is 22.3 Å². The number of carbonyl (C=O) groups excluding carboxylic acids is 2. The van der Waals surface area contributed by atoms with Crippen molar-refractivity contribution in [2.75, 3.05) is 18.8 Å². The maximum absolute atomic E-state index is 13.8. The zero-order valence-electron chi connectivity index (χ0n) is 21.5. The number of nitrogens with zero attached hydrogens (tertiary/aromatic N) is 3. The minimum atomic E-state index is -4.67. The van der Waals surface area contributed by atoms with Gasteiger partial charge in [0.2, 0.25) is 15.9 Å². The number of nitrogens with two attached hydrogens (primary N) is 1. The third-order valence-corrected chi connectivity index (χ3v) is 7.95. The smallest absolute Gasteiger partial charge is 0.346 e. The van der Waals surface area contributed by atoms with Crippen LogP contribution in [0.5, 0.6) is 0 Å². The first-order valence-corrected chi connectivity index (χ1v) is 14.6. The number of benzene rings is 1. The Morgan fingerprint density at radius 1 is 1.15 bits per heavy atom. The number of sulfonamides is 1. The van der Waals surface area contributed by atoms with E-state index in [-0.39, 0.29) is 42.4 Å². The van der Waals surface area contributed by atoms with E-state index in [4.69, 9.17) is 5.14 Å². The molecule has 1 aliphatic heterocycles. The number of nitrogens with one attached hydrogen (secondary N) is 1. The number of piperidine rings is 1. The first-order valence-electron chi connectivity index (χ1n) is 12.9. The lowest BCUT2D eigenvalue weighted by Crippen LogP contribution is -2.49. The summed E-state index contributed by atoms with van der Waals surface area (Å²) in [6.45, 7) is -0.770. The number of alkyl halides is 5. The Balaban J connectivity index is 1.62.